The fraction of sp³-hybridized carbons (Fsp3) is 0.278. The van der Waals surface area contributed by atoms with Crippen LogP contribution in [0.1, 0.15) is 30.3 Å². The first-order valence-electron chi connectivity index (χ1n) is 7.42. The van der Waals surface area contributed by atoms with Crippen molar-refractivity contribution in [1.29, 1.82) is 0 Å². The normalized spacial score (nSPS) is 22.5. The van der Waals surface area contributed by atoms with Crippen LogP contribution in [0.4, 0.5) is 4.79 Å². The molecular weight excluding hydrogens is 278 g/mol. The van der Waals surface area contributed by atoms with E-state index in [9.17, 15) is 9.90 Å². The van der Waals surface area contributed by atoms with Gasteiger partial charge in [-0.3, -0.25) is 4.90 Å². The summed E-state index contributed by atoms with van der Waals surface area (Å²) in [5.41, 5.74) is 1.77. The van der Waals surface area contributed by atoms with Gasteiger partial charge in [-0.25, -0.2) is 4.79 Å². The number of aliphatic hydroxyl groups is 1. The van der Waals surface area contributed by atoms with E-state index in [0.717, 1.165) is 11.1 Å². The second-order valence-electron chi connectivity index (χ2n) is 5.53. The van der Waals surface area contributed by atoms with Gasteiger partial charge < -0.3 is 9.84 Å². The van der Waals surface area contributed by atoms with Crippen molar-refractivity contribution in [2.45, 2.75) is 25.2 Å². The fourth-order valence-electron chi connectivity index (χ4n) is 2.80. The molecule has 1 heterocycles. The average Bonchev–Trinajstić information content (AvgIpc) is 2.84. The fourth-order valence-corrected chi connectivity index (χ4v) is 2.80. The molecule has 3 rings (SSSR count). The zero-order chi connectivity index (χ0) is 15.5. The molecule has 4 nitrogen and oxygen atoms in total. The maximum absolute atomic E-state index is 12.1. The van der Waals surface area contributed by atoms with Gasteiger partial charge in [0.05, 0.1) is 18.7 Å². The van der Waals surface area contributed by atoms with E-state index >= 15 is 0 Å². The second-order valence-corrected chi connectivity index (χ2v) is 5.53. The Morgan fingerprint density at radius 2 is 1.68 bits per heavy atom. The number of nitrogens with zero attached hydrogens (tertiary/aromatic N) is 1. The number of β-amino-alcohol motifs (C(OH)–C–C–N with tert-alkyl or cyclic N) is 1. The van der Waals surface area contributed by atoms with Crippen molar-refractivity contribution in [1.82, 2.24) is 4.90 Å². The smallest absolute Gasteiger partial charge is 0.410 e. The zero-order valence-electron chi connectivity index (χ0n) is 12.4. The first kappa shape index (κ1) is 14.6. The van der Waals surface area contributed by atoms with Gasteiger partial charge in [0.15, 0.2) is 0 Å². The van der Waals surface area contributed by atoms with Crippen LogP contribution in [0.25, 0.3) is 0 Å². The van der Waals surface area contributed by atoms with Gasteiger partial charge in [-0.1, -0.05) is 60.7 Å². The van der Waals surface area contributed by atoms with E-state index in [1.54, 1.807) is 4.90 Å². The molecule has 4 heteroatoms. The van der Waals surface area contributed by atoms with Crippen LogP contribution in [0.5, 0.6) is 0 Å². The third-order valence-electron chi connectivity index (χ3n) is 4.07. The van der Waals surface area contributed by atoms with Crippen molar-refractivity contribution < 1.29 is 14.6 Å². The highest BCUT2D eigenvalue weighted by Gasteiger charge is 2.40. The zero-order valence-corrected chi connectivity index (χ0v) is 12.4. The molecule has 1 amide bonds. The summed E-state index contributed by atoms with van der Waals surface area (Å²) in [4.78, 5) is 13.7. The minimum atomic E-state index is -0.717. The SMILES string of the molecule is C[C@H]1[C@@H](c2ccccc2)OC(=O)N1C[C@H](O)c1ccccc1. The molecular formula is C18H19NO3. The molecule has 0 aliphatic carbocycles. The van der Waals surface area contributed by atoms with E-state index in [2.05, 4.69) is 0 Å². The molecule has 0 spiro atoms. The van der Waals surface area contributed by atoms with E-state index in [0.29, 0.717) is 0 Å². The minimum absolute atomic E-state index is 0.117. The van der Waals surface area contributed by atoms with Crippen molar-refractivity contribution in [2.24, 2.45) is 0 Å². The molecule has 1 fully saturated rings. The Hall–Kier alpha value is -2.33. The summed E-state index contributed by atoms with van der Waals surface area (Å²) in [5.74, 6) is 0. The molecule has 22 heavy (non-hydrogen) atoms. The molecule has 0 saturated carbocycles. The van der Waals surface area contributed by atoms with Gasteiger partial charge >= 0.3 is 6.09 Å². The van der Waals surface area contributed by atoms with Crippen LogP contribution in [-0.4, -0.2) is 28.7 Å². The van der Waals surface area contributed by atoms with Crippen LogP contribution in [0.15, 0.2) is 60.7 Å². The highest BCUT2D eigenvalue weighted by atomic mass is 16.6. The lowest BCUT2D eigenvalue weighted by atomic mass is 10.0. The molecule has 0 radical (unpaired) electrons. The summed E-state index contributed by atoms with van der Waals surface area (Å²) >= 11 is 0. The number of amides is 1. The summed E-state index contributed by atoms with van der Waals surface area (Å²) in [6.45, 7) is 2.17. The Bertz CT molecular complexity index is 629. The second kappa shape index (κ2) is 6.20. The highest BCUT2D eigenvalue weighted by Crippen LogP contribution is 2.33. The molecule has 1 saturated heterocycles. The number of carbonyl (C=O) groups excluding carboxylic acids is 1. The van der Waals surface area contributed by atoms with E-state index in [4.69, 9.17) is 4.74 Å². The van der Waals surface area contributed by atoms with Crippen molar-refractivity contribution in [3.8, 4) is 0 Å². The van der Waals surface area contributed by atoms with Gasteiger partial charge in [0.2, 0.25) is 0 Å². The number of cyclic esters (lactones) is 1. The summed E-state index contributed by atoms with van der Waals surface area (Å²) in [6, 6.07) is 18.9. The lowest BCUT2D eigenvalue weighted by Gasteiger charge is -2.23. The van der Waals surface area contributed by atoms with Gasteiger partial charge in [-0.2, -0.15) is 0 Å². The van der Waals surface area contributed by atoms with Gasteiger partial charge in [-0.05, 0) is 18.1 Å². The first-order valence-corrected chi connectivity index (χ1v) is 7.42. The predicted molar refractivity (Wildman–Crippen MR) is 83.2 cm³/mol. The van der Waals surface area contributed by atoms with Crippen LogP contribution in [0, 0.1) is 0 Å². The third-order valence-corrected chi connectivity index (χ3v) is 4.07. The number of benzene rings is 2. The molecule has 114 valence electrons. The van der Waals surface area contributed by atoms with Gasteiger partial charge in [-0.15, -0.1) is 0 Å². The van der Waals surface area contributed by atoms with E-state index < -0.39 is 6.10 Å². The monoisotopic (exact) mass is 297 g/mol. The van der Waals surface area contributed by atoms with Gasteiger partial charge in [0.1, 0.15) is 6.10 Å². The molecule has 0 bridgehead atoms. The topological polar surface area (TPSA) is 49.8 Å². The first-order chi connectivity index (χ1) is 10.7. The Labute approximate surface area is 130 Å². The summed E-state index contributed by atoms with van der Waals surface area (Å²) in [7, 11) is 0. The van der Waals surface area contributed by atoms with Crippen molar-refractivity contribution in [2.75, 3.05) is 6.54 Å². The lowest BCUT2D eigenvalue weighted by Crippen LogP contribution is -2.35. The van der Waals surface area contributed by atoms with Crippen LogP contribution < -0.4 is 0 Å². The van der Waals surface area contributed by atoms with E-state index in [1.807, 2.05) is 67.6 Å². The standard InChI is InChI=1S/C18H19NO3/c1-13-17(15-10-6-3-7-11-15)22-18(21)19(13)12-16(20)14-8-4-2-5-9-14/h2-11,13,16-17,20H,12H2,1H3/t13-,16-,17-/m0/s1. The molecule has 2 aromatic rings. The summed E-state index contributed by atoms with van der Waals surface area (Å²) in [5, 5.41) is 10.3. The number of hydrogen-bond donors (Lipinski definition) is 1. The number of carbonyl (C=O) groups is 1. The Morgan fingerprint density at radius 1 is 1.09 bits per heavy atom. The third kappa shape index (κ3) is 2.83. The Kier molecular flexibility index (Phi) is 4.11. The molecule has 0 unspecified atom stereocenters. The van der Waals surface area contributed by atoms with Crippen LogP contribution in [0.2, 0.25) is 0 Å². The van der Waals surface area contributed by atoms with Crippen molar-refractivity contribution >= 4 is 6.09 Å². The summed E-state index contributed by atoms with van der Waals surface area (Å²) in [6.07, 6.45) is -1.39. The number of rotatable bonds is 4. The maximum Gasteiger partial charge on any atom is 0.410 e. The summed E-state index contributed by atoms with van der Waals surface area (Å²) < 4.78 is 5.48. The molecule has 1 N–H and O–H groups in total. The molecule has 0 aromatic heterocycles. The molecule has 1 aliphatic rings. The number of ether oxygens (including phenoxy) is 1. The highest BCUT2D eigenvalue weighted by molar-refractivity contribution is 5.71. The average molecular weight is 297 g/mol. The largest absolute Gasteiger partial charge is 0.439 e. The van der Waals surface area contributed by atoms with Crippen molar-refractivity contribution in [3.63, 3.8) is 0 Å². The van der Waals surface area contributed by atoms with Crippen LogP contribution >= 0.6 is 0 Å². The van der Waals surface area contributed by atoms with E-state index in [1.165, 1.54) is 0 Å². The van der Waals surface area contributed by atoms with E-state index in [-0.39, 0.29) is 24.8 Å². The van der Waals surface area contributed by atoms with Crippen LogP contribution in [-0.2, 0) is 4.74 Å². The quantitative estimate of drug-likeness (QED) is 0.942. The van der Waals surface area contributed by atoms with Gasteiger partial charge in [0.25, 0.3) is 0 Å². The van der Waals surface area contributed by atoms with Gasteiger partial charge in [0, 0.05) is 0 Å². The predicted octanol–water partition coefficient (Wildman–Crippen LogP) is 3.30. The number of aliphatic hydroxyl groups excluding tert-OH is 1. The number of hydrogen-bond acceptors (Lipinski definition) is 3. The van der Waals surface area contributed by atoms with Crippen LogP contribution in [0.3, 0.4) is 0 Å². The minimum Gasteiger partial charge on any atom is -0.439 e. The lowest BCUT2D eigenvalue weighted by molar-refractivity contribution is 0.111. The Morgan fingerprint density at radius 3 is 2.32 bits per heavy atom. The molecule has 1 aliphatic heterocycles. The maximum atomic E-state index is 12.1. The Balaban J connectivity index is 1.73. The molecule has 3 atom stereocenters. The van der Waals surface area contributed by atoms with Crippen molar-refractivity contribution in [3.05, 3.63) is 71.8 Å². The molecule has 2 aromatic carbocycles.